The van der Waals surface area contributed by atoms with Gasteiger partial charge in [0.05, 0.1) is 10.7 Å². The van der Waals surface area contributed by atoms with Gasteiger partial charge in [0.2, 0.25) is 11.8 Å². The van der Waals surface area contributed by atoms with Gasteiger partial charge in [-0.3, -0.25) is 9.59 Å². The summed E-state index contributed by atoms with van der Waals surface area (Å²) in [5.41, 5.74) is 7.01. The van der Waals surface area contributed by atoms with Gasteiger partial charge < -0.3 is 16.4 Å². The fourth-order valence-electron chi connectivity index (χ4n) is 3.18. The summed E-state index contributed by atoms with van der Waals surface area (Å²) in [5, 5.41) is 5.91. The molecule has 23 heavy (non-hydrogen) atoms. The first-order valence-electron chi connectivity index (χ1n) is 8.01. The minimum absolute atomic E-state index is 0.0410. The number of carbonyl (C=O) groups excluding carboxylic acids is 2. The molecule has 0 atom stereocenters. The minimum atomic E-state index is -0.189. The number of rotatable bonds is 5. The van der Waals surface area contributed by atoms with Gasteiger partial charge in [-0.25, -0.2) is 0 Å². The molecule has 1 aliphatic carbocycles. The Balaban J connectivity index is 1.99. The standard InChI is InChI=1S/C17H24ClN3O2/c1-12(22)20-15-6-5-13(9-14(15)18)21-16(23)10-17(11-19)7-3-2-4-8-17/h5-6,9H,2-4,7-8,10-11,19H2,1H3,(H,20,22)(H,21,23). The van der Waals surface area contributed by atoms with Gasteiger partial charge in [0.1, 0.15) is 0 Å². The number of benzene rings is 1. The lowest BCUT2D eigenvalue weighted by Crippen LogP contribution is -2.36. The van der Waals surface area contributed by atoms with Gasteiger partial charge >= 0.3 is 0 Å². The minimum Gasteiger partial charge on any atom is -0.330 e. The lowest BCUT2D eigenvalue weighted by molar-refractivity contribution is -0.119. The first-order valence-corrected chi connectivity index (χ1v) is 8.39. The van der Waals surface area contributed by atoms with E-state index in [4.69, 9.17) is 17.3 Å². The molecular weight excluding hydrogens is 314 g/mol. The van der Waals surface area contributed by atoms with Crippen LogP contribution in [-0.2, 0) is 9.59 Å². The molecule has 0 radical (unpaired) electrons. The van der Waals surface area contributed by atoms with E-state index in [1.54, 1.807) is 18.2 Å². The van der Waals surface area contributed by atoms with Gasteiger partial charge in [-0.05, 0) is 43.0 Å². The number of nitrogens with one attached hydrogen (secondary N) is 2. The zero-order chi connectivity index (χ0) is 16.9. The van der Waals surface area contributed by atoms with Gasteiger partial charge in [0, 0.05) is 19.0 Å². The Hall–Kier alpha value is -1.59. The van der Waals surface area contributed by atoms with Gasteiger partial charge in [0.15, 0.2) is 0 Å². The average Bonchev–Trinajstić information content (AvgIpc) is 2.50. The second kappa shape index (κ2) is 7.79. The lowest BCUT2D eigenvalue weighted by Gasteiger charge is -2.35. The van der Waals surface area contributed by atoms with E-state index in [1.807, 2.05) is 0 Å². The molecule has 6 heteroatoms. The van der Waals surface area contributed by atoms with Crippen molar-refractivity contribution in [2.45, 2.75) is 45.4 Å². The Morgan fingerprint density at radius 3 is 2.48 bits per heavy atom. The van der Waals surface area contributed by atoms with Crippen molar-refractivity contribution in [3.63, 3.8) is 0 Å². The van der Waals surface area contributed by atoms with Crippen molar-refractivity contribution in [2.24, 2.45) is 11.1 Å². The molecule has 2 amide bonds. The third kappa shape index (κ3) is 4.94. The highest BCUT2D eigenvalue weighted by atomic mass is 35.5. The molecule has 1 saturated carbocycles. The second-order valence-electron chi connectivity index (χ2n) is 6.37. The second-order valence-corrected chi connectivity index (χ2v) is 6.77. The summed E-state index contributed by atoms with van der Waals surface area (Å²) in [5.74, 6) is -0.230. The number of nitrogens with two attached hydrogens (primary N) is 1. The Labute approximate surface area is 142 Å². The highest BCUT2D eigenvalue weighted by Gasteiger charge is 2.32. The molecule has 1 aromatic rings. The maximum atomic E-state index is 12.3. The third-order valence-corrected chi connectivity index (χ3v) is 4.76. The fraction of sp³-hybridized carbons (Fsp3) is 0.529. The van der Waals surface area contributed by atoms with Crippen LogP contribution in [0, 0.1) is 5.41 Å². The zero-order valence-corrected chi connectivity index (χ0v) is 14.2. The van der Waals surface area contributed by atoms with Crippen molar-refractivity contribution >= 4 is 34.8 Å². The Morgan fingerprint density at radius 2 is 1.91 bits per heavy atom. The molecule has 5 nitrogen and oxygen atoms in total. The van der Waals surface area contributed by atoms with Crippen LogP contribution in [0.5, 0.6) is 0 Å². The summed E-state index contributed by atoms with van der Waals surface area (Å²) in [6.45, 7) is 1.96. The molecule has 2 rings (SSSR count). The van der Waals surface area contributed by atoms with Crippen molar-refractivity contribution in [3.05, 3.63) is 23.2 Å². The monoisotopic (exact) mass is 337 g/mol. The summed E-state index contributed by atoms with van der Waals surface area (Å²) < 4.78 is 0. The first-order chi connectivity index (χ1) is 10.9. The van der Waals surface area contributed by atoms with Crippen molar-refractivity contribution in [1.29, 1.82) is 0 Å². The fourth-order valence-corrected chi connectivity index (χ4v) is 3.41. The van der Waals surface area contributed by atoms with E-state index < -0.39 is 0 Å². The molecule has 1 fully saturated rings. The SMILES string of the molecule is CC(=O)Nc1ccc(NC(=O)CC2(CN)CCCCC2)cc1Cl. The highest BCUT2D eigenvalue weighted by Crippen LogP contribution is 2.38. The van der Waals surface area contributed by atoms with Crippen LogP contribution in [0.2, 0.25) is 5.02 Å². The maximum absolute atomic E-state index is 12.3. The van der Waals surface area contributed by atoms with Crippen molar-refractivity contribution in [2.75, 3.05) is 17.2 Å². The first kappa shape index (κ1) is 17.8. The summed E-state index contributed by atoms with van der Waals surface area (Å²) in [4.78, 5) is 23.4. The number of hydrogen-bond donors (Lipinski definition) is 3. The van der Waals surface area contributed by atoms with E-state index >= 15 is 0 Å². The quantitative estimate of drug-likeness (QED) is 0.768. The van der Waals surface area contributed by atoms with Crippen LogP contribution in [0.15, 0.2) is 18.2 Å². The Morgan fingerprint density at radius 1 is 1.22 bits per heavy atom. The van der Waals surface area contributed by atoms with Crippen molar-refractivity contribution in [3.8, 4) is 0 Å². The molecule has 0 spiro atoms. The van der Waals surface area contributed by atoms with E-state index in [0.29, 0.717) is 29.4 Å². The van der Waals surface area contributed by atoms with E-state index in [1.165, 1.54) is 13.3 Å². The number of carbonyl (C=O) groups is 2. The molecule has 0 saturated heterocycles. The molecule has 0 bridgehead atoms. The van der Waals surface area contributed by atoms with E-state index in [-0.39, 0.29) is 17.2 Å². The van der Waals surface area contributed by atoms with Crippen molar-refractivity contribution in [1.82, 2.24) is 0 Å². The van der Waals surface area contributed by atoms with Crippen LogP contribution in [0.25, 0.3) is 0 Å². The summed E-state index contributed by atoms with van der Waals surface area (Å²) >= 11 is 6.12. The topological polar surface area (TPSA) is 84.2 Å². The van der Waals surface area contributed by atoms with E-state index in [2.05, 4.69) is 10.6 Å². The van der Waals surface area contributed by atoms with Crippen LogP contribution >= 0.6 is 11.6 Å². The Bertz CT molecular complexity index is 583. The predicted molar refractivity (Wildman–Crippen MR) is 93.6 cm³/mol. The van der Waals surface area contributed by atoms with Crippen molar-refractivity contribution < 1.29 is 9.59 Å². The molecule has 0 unspecified atom stereocenters. The Kier molecular flexibility index (Phi) is 6.02. The summed E-state index contributed by atoms with van der Waals surface area (Å²) in [6.07, 6.45) is 5.97. The van der Waals surface area contributed by atoms with Crippen LogP contribution in [0.1, 0.15) is 45.4 Å². The van der Waals surface area contributed by atoms with Gasteiger partial charge in [0.25, 0.3) is 0 Å². The zero-order valence-electron chi connectivity index (χ0n) is 13.5. The van der Waals surface area contributed by atoms with Crippen LogP contribution < -0.4 is 16.4 Å². The number of anilines is 2. The van der Waals surface area contributed by atoms with Gasteiger partial charge in [-0.15, -0.1) is 0 Å². The van der Waals surface area contributed by atoms with E-state index in [9.17, 15) is 9.59 Å². The maximum Gasteiger partial charge on any atom is 0.224 e. The number of amides is 2. The lowest BCUT2D eigenvalue weighted by atomic mass is 9.71. The summed E-state index contributed by atoms with van der Waals surface area (Å²) in [7, 11) is 0. The van der Waals surface area contributed by atoms with Crippen LogP contribution in [-0.4, -0.2) is 18.4 Å². The molecule has 0 aromatic heterocycles. The molecule has 0 aliphatic heterocycles. The molecule has 1 aliphatic rings. The van der Waals surface area contributed by atoms with E-state index in [0.717, 1.165) is 25.7 Å². The smallest absolute Gasteiger partial charge is 0.224 e. The average molecular weight is 338 g/mol. The molecule has 4 N–H and O–H groups in total. The predicted octanol–water partition coefficient (Wildman–Crippen LogP) is 3.54. The normalized spacial score (nSPS) is 16.7. The molecule has 1 aromatic carbocycles. The number of halogens is 1. The van der Waals surface area contributed by atoms with Gasteiger partial charge in [-0.1, -0.05) is 30.9 Å². The highest BCUT2D eigenvalue weighted by molar-refractivity contribution is 6.34. The van der Waals surface area contributed by atoms with Crippen LogP contribution in [0.3, 0.4) is 0 Å². The molecule has 0 heterocycles. The number of hydrogen-bond acceptors (Lipinski definition) is 3. The largest absolute Gasteiger partial charge is 0.330 e. The third-order valence-electron chi connectivity index (χ3n) is 4.45. The summed E-state index contributed by atoms with van der Waals surface area (Å²) in [6, 6.07) is 5.05. The molecule has 126 valence electrons. The van der Waals surface area contributed by atoms with Crippen LogP contribution in [0.4, 0.5) is 11.4 Å². The molecular formula is C17H24ClN3O2. The van der Waals surface area contributed by atoms with Gasteiger partial charge in [-0.2, -0.15) is 0 Å².